The molecule has 4 amide bonds. The van der Waals surface area contributed by atoms with Gasteiger partial charge in [-0.2, -0.15) is 0 Å². The van der Waals surface area contributed by atoms with Crippen LogP contribution >= 0.6 is 0 Å². The van der Waals surface area contributed by atoms with Crippen LogP contribution in [0.5, 0.6) is 0 Å². The molecule has 28 heavy (non-hydrogen) atoms. The highest BCUT2D eigenvalue weighted by Gasteiger charge is 2.36. The van der Waals surface area contributed by atoms with Crippen molar-refractivity contribution < 1.29 is 14.4 Å². The van der Waals surface area contributed by atoms with Gasteiger partial charge in [0.15, 0.2) is 0 Å². The maximum atomic E-state index is 12.9. The van der Waals surface area contributed by atoms with E-state index in [1.807, 2.05) is 37.5 Å². The van der Waals surface area contributed by atoms with Gasteiger partial charge in [-0.3, -0.25) is 14.9 Å². The summed E-state index contributed by atoms with van der Waals surface area (Å²) in [4.78, 5) is 38.5. The van der Waals surface area contributed by atoms with E-state index in [1.54, 1.807) is 18.2 Å². The molecular weight excluding hydrogens is 354 g/mol. The normalized spacial score (nSPS) is 19.5. The van der Waals surface area contributed by atoms with Crippen LogP contribution in [0.3, 0.4) is 0 Å². The second-order valence-electron chi connectivity index (χ2n) is 7.31. The monoisotopic (exact) mass is 377 g/mol. The van der Waals surface area contributed by atoms with E-state index in [0.29, 0.717) is 11.7 Å². The van der Waals surface area contributed by atoms with Crippen molar-refractivity contribution in [3.05, 3.63) is 59.4 Å². The number of benzene rings is 1. The van der Waals surface area contributed by atoms with E-state index in [-0.39, 0.29) is 5.57 Å². The summed E-state index contributed by atoms with van der Waals surface area (Å²) in [6, 6.07) is 8.84. The molecule has 0 radical (unpaired) electrons. The molecule has 6 heteroatoms. The third kappa shape index (κ3) is 3.38. The number of aryl methyl sites for hydroxylation is 1. The number of hydrogen-bond donors (Lipinski definition) is 1. The van der Waals surface area contributed by atoms with Gasteiger partial charge in [0.2, 0.25) is 0 Å². The van der Waals surface area contributed by atoms with Gasteiger partial charge in [0.25, 0.3) is 11.8 Å². The van der Waals surface area contributed by atoms with Crippen molar-refractivity contribution in [3.8, 4) is 0 Å². The SMILES string of the molecule is CCc1ccc(N2C(=O)NC(=O)/C(=C/c3ccn(C4CCCC4)c3)C2=O)cc1. The summed E-state index contributed by atoms with van der Waals surface area (Å²) in [5.41, 5.74) is 2.29. The largest absolute Gasteiger partial charge is 0.351 e. The minimum absolute atomic E-state index is 0.0386. The van der Waals surface area contributed by atoms with Crippen molar-refractivity contribution in [2.75, 3.05) is 4.90 Å². The van der Waals surface area contributed by atoms with Crippen molar-refractivity contribution in [1.29, 1.82) is 0 Å². The van der Waals surface area contributed by atoms with Gasteiger partial charge in [-0.1, -0.05) is 31.9 Å². The average Bonchev–Trinajstić information content (AvgIpc) is 3.37. The first kappa shape index (κ1) is 18.2. The zero-order valence-electron chi connectivity index (χ0n) is 15.9. The lowest BCUT2D eigenvalue weighted by atomic mass is 10.1. The van der Waals surface area contributed by atoms with Crippen LogP contribution in [0.15, 0.2) is 48.3 Å². The average molecular weight is 377 g/mol. The van der Waals surface area contributed by atoms with E-state index in [1.165, 1.54) is 12.8 Å². The number of carbonyl (C=O) groups is 3. The number of barbiturate groups is 1. The van der Waals surface area contributed by atoms with Gasteiger partial charge >= 0.3 is 6.03 Å². The van der Waals surface area contributed by atoms with Crippen LogP contribution in [0.25, 0.3) is 6.08 Å². The van der Waals surface area contributed by atoms with Crippen molar-refractivity contribution in [1.82, 2.24) is 9.88 Å². The Balaban J connectivity index is 1.62. The number of nitrogens with zero attached hydrogens (tertiary/aromatic N) is 2. The Morgan fingerprint density at radius 3 is 2.46 bits per heavy atom. The predicted octanol–water partition coefficient (Wildman–Crippen LogP) is 3.83. The van der Waals surface area contributed by atoms with E-state index in [4.69, 9.17) is 0 Å². The lowest BCUT2D eigenvalue weighted by molar-refractivity contribution is -0.122. The number of hydrogen-bond acceptors (Lipinski definition) is 3. The molecule has 1 aliphatic carbocycles. The highest BCUT2D eigenvalue weighted by Crippen LogP contribution is 2.30. The first-order valence-corrected chi connectivity index (χ1v) is 9.74. The Kier molecular flexibility index (Phi) is 4.86. The molecule has 0 atom stereocenters. The molecule has 2 aromatic rings. The molecule has 1 aromatic carbocycles. The van der Waals surface area contributed by atoms with Gasteiger partial charge in [0.1, 0.15) is 5.57 Å². The molecule has 0 bridgehead atoms. The van der Waals surface area contributed by atoms with Gasteiger partial charge < -0.3 is 4.57 Å². The van der Waals surface area contributed by atoms with Crippen LogP contribution in [-0.2, 0) is 16.0 Å². The number of nitrogens with one attached hydrogen (secondary N) is 1. The zero-order chi connectivity index (χ0) is 19.7. The molecule has 1 N–H and O–H groups in total. The number of imide groups is 2. The molecule has 144 valence electrons. The lowest BCUT2D eigenvalue weighted by Crippen LogP contribution is -2.54. The molecule has 6 nitrogen and oxygen atoms in total. The van der Waals surface area contributed by atoms with Crippen LogP contribution < -0.4 is 10.2 Å². The van der Waals surface area contributed by atoms with Crippen LogP contribution in [0.4, 0.5) is 10.5 Å². The maximum Gasteiger partial charge on any atom is 0.335 e. The fourth-order valence-corrected chi connectivity index (χ4v) is 3.88. The summed E-state index contributed by atoms with van der Waals surface area (Å²) >= 11 is 0. The maximum absolute atomic E-state index is 12.9. The van der Waals surface area contributed by atoms with Crippen LogP contribution in [-0.4, -0.2) is 22.4 Å². The van der Waals surface area contributed by atoms with Crippen molar-refractivity contribution in [2.24, 2.45) is 0 Å². The molecule has 0 unspecified atom stereocenters. The number of urea groups is 1. The fraction of sp³-hybridized carbons (Fsp3) is 0.318. The van der Waals surface area contributed by atoms with Crippen LogP contribution in [0.2, 0.25) is 0 Å². The smallest absolute Gasteiger partial charge is 0.335 e. The number of carbonyl (C=O) groups excluding carboxylic acids is 3. The topological polar surface area (TPSA) is 71.4 Å². The molecule has 2 fully saturated rings. The minimum Gasteiger partial charge on any atom is -0.351 e. The summed E-state index contributed by atoms with van der Waals surface area (Å²) in [5.74, 6) is -1.27. The second-order valence-corrected chi connectivity index (χ2v) is 7.31. The molecule has 2 aliphatic rings. The van der Waals surface area contributed by atoms with E-state index in [2.05, 4.69) is 9.88 Å². The van der Waals surface area contributed by atoms with Gasteiger partial charge in [-0.15, -0.1) is 0 Å². The molecule has 4 rings (SSSR count). The first-order valence-electron chi connectivity index (χ1n) is 9.74. The second kappa shape index (κ2) is 7.46. The third-order valence-corrected chi connectivity index (χ3v) is 5.50. The van der Waals surface area contributed by atoms with Gasteiger partial charge in [-0.25, -0.2) is 9.69 Å². The fourth-order valence-electron chi connectivity index (χ4n) is 3.88. The Labute approximate surface area is 163 Å². The Morgan fingerprint density at radius 1 is 1.07 bits per heavy atom. The molecule has 1 saturated carbocycles. The highest BCUT2D eigenvalue weighted by atomic mass is 16.2. The van der Waals surface area contributed by atoms with E-state index >= 15 is 0 Å². The molecule has 1 aromatic heterocycles. The van der Waals surface area contributed by atoms with Crippen LogP contribution in [0.1, 0.15) is 49.8 Å². The summed E-state index contributed by atoms with van der Waals surface area (Å²) in [6.07, 6.45) is 11.1. The molecule has 2 heterocycles. The Morgan fingerprint density at radius 2 is 1.79 bits per heavy atom. The molecule has 1 saturated heterocycles. The summed E-state index contributed by atoms with van der Waals surface area (Å²) in [7, 11) is 0. The van der Waals surface area contributed by atoms with Crippen molar-refractivity contribution in [3.63, 3.8) is 0 Å². The Bertz CT molecular complexity index is 950. The number of anilines is 1. The number of rotatable bonds is 4. The summed E-state index contributed by atoms with van der Waals surface area (Å²) < 4.78 is 2.15. The Hall–Kier alpha value is -3.15. The number of amides is 4. The van der Waals surface area contributed by atoms with Crippen molar-refractivity contribution in [2.45, 2.75) is 45.1 Å². The summed E-state index contributed by atoms with van der Waals surface area (Å²) in [6.45, 7) is 2.03. The third-order valence-electron chi connectivity index (χ3n) is 5.50. The van der Waals surface area contributed by atoms with E-state index < -0.39 is 17.8 Å². The molecule has 1 aliphatic heterocycles. The minimum atomic E-state index is -0.722. The van der Waals surface area contributed by atoms with Gasteiger partial charge in [0, 0.05) is 18.4 Å². The molecular formula is C22H23N3O3. The first-order chi connectivity index (χ1) is 13.6. The predicted molar refractivity (Wildman–Crippen MR) is 107 cm³/mol. The lowest BCUT2D eigenvalue weighted by Gasteiger charge is -2.26. The standard InChI is InChI=1S/C22H23N3O3/c1-2-15-7-9-18(10-8-15)25-21(27)19(20(26)23-22(25)28)13-16-11-12-24(14-16)17-5-3-4-6-17/h7-14,17H,2-6H2,1H3,(H,23,26,28)/b19-13-. The molecule has 0 spiro atoms. The van der Waals surface area contributed by atoms with E-state index in [0.717, 1.165) is 35.3 Å². The zero-order valence-corrected chi connectivity index (χ0v) is 15.9. The summed E-state index contributed by atoms with van der Waals surface area (Å²) in [5, 5.41) is 2.27. The van der Waals surface area contributed by atoms with Crippen LogP contribution in [0, 0.1) is 0 Å². The van der Waals surface area contributed by atoms with Crippen molar-refractivity contribution >= 4 is 29.6 Å². The van der Waals surface area contributed by atoms with Gasteiger partial charge in [-0.05, 0) is 54.7 Å². The number of aromatic nitrogens is 1. The van der Waals surface area contributed by atoms with E-state index in [9.17, 15) is 14.4 Å². The van der Waals surface area contributed by atoms with Gasteiger partial charge in [0.05, 0.1) is 5.69 Å². The highest BCUT2D eigenvalue weighted by molar-refractivity contribution is 6.39. The quantitative estimate of drug-likeness (QED) is 0.650.